The summed E-state index contributed by atoms with van der Waals surface area (Å²) in [5.74, 6) is -0.671. The molecule has 42 heavy (non-hydrogen) atoms. The number of hydrogen-bond acceptors (Lipinski definition) is 6. The summed E-state index contributed by atoms with van der Waals surface area (Å²) in [7, 11) is -4.35. The maximum absolute atomic E-state index is 14.0. The number of halogens is 2. The molecule has 1 aliphatic heterocycles. The van der Waals surface area contributed by atoms with Gasteiger partial charge < -0.3 is 19.7 Å². The molecule has 0 aromatic heterocycles. The van der Waals surface area contributed by atoms with Crippen LogP contribution < -0.4 is 19.1 Å². The average Bonchev–Trinajstić information content (AvgIpc) is 2.98. The van der Waals surface area contributed by atoms with E-state index in [0.717, 1.165) is 26.5 Å². The summed E-state index contributed by atoms with van der Waals surface area (Å²) in [6, 6.07) is 15.4. The number of nitrogens with zero attached hydrogens (tertiary/aromatic N) is 2. The third kappa shape index (κ3) is 7.60. The highest BCUT2D eigenvalue weighted by Crippen LogP contribution is 2.34. The van der Waals surface area contributed by atoms with Crippen molar-refractivity contribution in [3.63, 3.8) is 0 Å². The van der Waals surface area contributed by atoms with E-state index in [1.807, 2.05) is 38.1 Å². The summed E-state index contributed by atoms with van der Waals surface area (Å²) >= 11 is 3.40. The smallest absolute Gasteiger partial charge is 0.264 e. The SMILES string of the molecule is CC(C)CNC(=O)[C@@H](C)N(Cc1ccc(Br)cc1)C(=O)CN(c1ccc(F)cc1)S(=O)(=O)c1ccc2c(c1)OCCO2. The van der Waals surface area contributed by atoms with Gasteiger partial charge in [-0.25, -0.2) is 12.8 Å². The molecule has 0 fully saturated rings. The van der Waals surface area contributed by atoms with Crippen LogP contribution >= 0.6 is 15.9 Å². The Morgan fingerprint density at radius 2 is 1.60 bits per heavy atom. The second-order valence-electron chi connectivity index (χ2n) is 10.3. The molecule has 12 heteroatoms. The number of anilines is 1. The van der Waals surface area contributed by atoms with Gasteiger partial charge in [-0.05, 0) is 66.9 Å². The van der Waals surface area contributed by atoms with Crippen LogP contribution in [0.4, 0.5) is 10.1 Å². The van der Waals surface area contributed by atoms with Crippen molar-refractivity contribution in [3.05, 3.63) is 82.6 Å². The van der Waals surface area contributed by atoms with Crippen molar-refractivity contribution in [1.29, 1.82) is 0 Å². The van der Waals surface area contributed by atoms with E-state index in [2.05, 4.69) is 21.2 Å². The van der Waals surface area contributed by atoms with Crippen LogP contribution in [0.5, 0.6) is 11.5 Å². The summed E-state index contributed by atoms with van der Waals surface area (Å²) in [5.41, 5.74) is 0.832. The second-order valence-corrected chi connectivity index (χ2v) is 13.0. The first-order valence-electron chi connectivity index (χ1n) is 13.5. The number of ether oxygens (including phenoxy) is 2. The standard InChI is InChI=1S/C30H33BrFN3O6S/c1-20(2)17-33-30(37)21(3)34(18-22-4-6-23(31)7-5-22)29(36)19-35(25-10-8-24(32)9-11-25)42(38,39)26-12-13-27-28(16-26)41-15-14-40-27/h4-13,16,20-21H,14-15,17-19H2,1-3H3,(H,33,37)/t21-/m1/s1. The minimum Gasteiger partial charge on any atom is -0.486 e. The Morgan fingerprint density at radius 1 is 0.952 bits per heavy atom. The van der Waals surface area contributed by atoms with Crippen molar-refractivity contribution in [2.24, 2.45) is 5.92 Å². The Bertz CT molecular complexity index is 1520. The van der Waals surface area contributed by atoms with Crippen LogP contribution in [-0.4, -0.2) is 57.5 Å². The lowest BCUT2D eigenvalue weighted by Gasteiger charge is -2.32. The monoisotopic (exact) mass is 661 g/mol. The minimum atomic E-state index is -4.35. The molecule has 224 valence electrons. The summed E-state index contributed by atoms with van der Waals surface area (Å²) in [6.45, 7) is 5.96. The predicted octanol–water partition coefficient (Wildman–Crippen LogP) is 4.74. The Kier molecular flexibility index (Phi) is 10.1. The number of hydrogen-bond donors (Lipinski definition) is 1. The van der Waals surface area contributed by atoms with Crippen LogP contribution in [0.3, 0.4) is 0 Å². The van der Waals surface area contributed by atoms with Gasteiger partial charge in [0.15, 0.2) is 11.5 Å². The number of benzene rings is 3. The summed E-state index contributed by atoms with van der Waals surface area (Å²) in [5, 5.41) is 2.85. The number of fused-ring (bicyclic) bond motifs is 1. The molecular weight excluding hydrogens is 629 g/mol. The van der Waals surface area contributed by atoms with E-state index in [9.17, 15) is 22.4 Å². The number of carbonyl (C=O) groups is 2. The van der Waals surface area contributed by atoms with Crippen molar-refractivity contribution >= 4 is 43.5 Å². The van der Waals surface area contributed by atoms with Crippen molar-refractivity contribution < 1.29 is 31.9 Å². The fourth-order valence-corrected chi connectivity index (χ4v) is 5.96. The lowest BCUT2D eigenvalue weighted by Crippen LogP contribution is -2.51. The maximum atomic E-state index is 14.0. The predicted molar refractivity (Wildman–Crippen MR) is 160 cm³/mol. The highest BCUT2D eigenvalue weighted by molar-refractivity contribution is 9.10. The van der Waals surface area contributed by atoms with Gasteiger partial charge in [0.05, 0.1) is 10.6 Å². The third-order valence-corrected chi connectivity index (χ3v) is 8.91. The van der Waals surface area contributed by atoms with Gasteiger partial charge in [0, 0.05) is 23.6 Å². The first-order valence-corrected chi connectivity index (χ1v) is 15.7. The van der Waals surface area contributed by atoms with Crippen LogP contribution in [0.1, 0.15) is 26.3 Å². The molecule has 0 aliphatic carbocycles. The average molecular weight is 663 g/mol. The fraction of sp³-hybridized carbons (Fsp3) is 0.333. The van der Waals surface area contributed by atoms with Crippen LogP contribution in [0, 0.1) is 11.7 Å². The van der Waals surface area contributed by atoms with Gasteiger partial charge in [-0.1, -0.05) is 41.9 Å². The van der Waals surface area contributed by atoms with E-state index in [1.54, 1.807) is 6.92 Å². The normalized spacial score (nSPS) is 13.4. The maximum Gasteiger partial charge on any atom is 0.264 e. The minimum absolute atomic E-state index is 0.0592. The molecule has 1 N–H and O–H groups in total. The van der Waals surface area contributed by atoms with Crippen LogP contribution in [0.2, 0.25) is 0 Å². The topological polar surface area (TPSA) is 105 Å². The van der Waals surface area contributed by atoms with Gasteiger partial charge in [0.25, 0.3) is 10.0 Å². The molecule has 4 rings (SSSR count). The van der Waals surface area contributed by atoms with Crippen molar-refractivity contribution in [1.82, 2.24) is 10.2 Å². The van der Waals surface area contributed by atoms with E-state index in [4.69, 9.17) is 9.47 Å². The fourth-order valence-electron chi connectivity index (χ4n) is 4.27. The molecule has 3 aromatic carbocycles. The molecule has 9 nitrogen and oxygen atoms in total. The molecule has 0 radical (unpaired) electrons. The molecule has 2 amide bonds. The Morgan fingerprint density at radius 3 is 2.24 bits per heavy atom. The molecule has 0 spiro atoms. The summed E-state index contributed by atoms with van der Waals surface area (Å²) < 4.78 is 54.7. The van der Waals surface area contributed by atoms with E-state index < -0.39 is 34.3 Å². The zero-order chi connectivity index (χ0) is 30.4. The van der Waals surface area contributed by atoms with E-state index in [-0.39, 0.29) is 41.3 Å². The van der Waals surface area contributed by atoms with Gasteiger partial charge in [0.2, 0.25) is 11.8 Å². The lowest BCUT2D eigenvalue weighted by atomic mass is 10.1. The van der Waals surface area contributed by atoms with E-state index in [0.29, 0.717) is 18.9 Å². The van der Waals surface area contributed by atoms with E-state index >= 15 is 0 Å². The van der Waals surface area contributed by atoms with Crippen molar-refractivity contribution in [2.75, 3.05) is 30.6 Å². The molecule has 0 bridgehead atoms. The molecule has 3 aromatic rings. The van der Waals surface area contributed by atoms with Crippen LogP contribution in [0.25, 0.3) is 0 Å². The zero-order valence-electron chi connectivity index (χ0n) is 23.5. The third-order valence-electron chi connectivity index (χ3n) is 6.61. The van der Waals surface area contributed by atoms with Gasteiger partial charge in [-0.3, -0.25) is 13.9 Å². The van der Waals surface area contributed by atoms with Crippen LogP contribution in [-0.2, 0) is 26.2 Å². The highest BCUT2D eigenvalue weighted by Gasteiger charge is 2.33. The quantitative estimate of drug-likeness (QED) is 0.318. The highest BCUT2D eigenvalue weighted by atomic mass is 79.9. The Labute approximate surface area is 253 Å². The molecule has 1 atom stereocenters. The first kappa shape index (κ1) is 31.3. The Hall–Kier alpha value is -3.64. The van der Waals surface area contributed by atoms with E-state index in [1.165, 1.54) is 35.2 Å². The van der Waals surface area contributed by atoms with Gasteiger partial charge in [-0.2, -0.15) is 0 Å². The van der Waals surface area contributed by atoms with Gasteiger partial charge in [0.1, 0.15) is 31.6 Å². The Balaban J connectivity index is 1.70. The molecule has 0 saturated carbocycles. The number of nitrogens with one attached hydrogen (secondary N) is 1. The first-order chi connectivity index (χ1) is 20.0. The number of sulfonamides is 1. The summed E-state index contributed by atoms with van der Waals surface area (Å²) in [4.78, 5) is 28.3. The molecule has 1 heterocycles. The molecule has 0 saturated heterocycles. The zero-order valence-corrected chi connectivity index (χ0v) is 26.0. The molecule has 0 unspecified atom stereocenters. The van der Waals surface area contributed by atoms with Crippen molar-refractivity contribution in [3.8, 4) is 11.5 Å². The van der Waals surface area contributed by atoms with Gasteiger partial charge >= 0.3 is 0 Å². The lowest BCUT2D eigenvalue weighted by molar-refractivity contribution is -0.139. The number of amides is 2. The van der Waals surface area contributed by atoms with Crippen LogP contribution in [0.15, 0.2) is 76.1 Å². The molecular formula is C30H33BrFN3O6S. The number of carbonyl (C=O) groups excluding carboxylic acids is 2. The molecule has 1 aliphatic rings. The van der Waals surface area contributed by atoms with Gasteiger partial charge in [-0.15, -0.1) is 0 Å². The summed E-state index contributed by atoms with van der Waals surface area (Å²) in [6.07, 6.45) is 0. The largest absolute Gasteiger partial charge is 0.486 e. The van der Waals surface area contributed by atoms with Crippen molar-refractivity contribution in [2.45, 2.75) is 38.3 Å². The number of rotatable bonds is 11. The second kappa shape index (κ2) is 13.6.